The molecule has 2 amide bonds. The lowest BCUT2D eigenvalue weighted by Gasteiger charge is -2.23. The van der Waals surface area contributed by atoms with Gasteiger partial charge < -0.3 is 15.4 Å². The van der Waals surface area contributed by atoms with Crippen molar-refractivity contribution in [2.75, 3.05) is 17.7 Å². The summed E-state index contributed by atoms with van der Waals surface area (Å²) in [5.41, 5.74) is 1.19. The number of ether oxygens (including phenoxy) is 1. The Bertz CT molecular complexity index is 1060. The number of methoxy groups -OCH3 is 1. The van der Waals surface area contributed by atoms with Gasteiger partial charge in [-0.25, -0.2) is 13.1 Å². The van der Waals surface area contributed by atoms with Crippen LogP contribution in [0.3, 0.4) is 0 Å². The van der Waals surface area contributed by atoms with Crippen molar-refractivity contribution in [1.82, 2.24) is 4.72 Å². The van der Waals surface area contributed by atoms with E-state index < -0.39 is 15.9 Å². The Morgan fingerprint density at radius 1 is 0.968 bits per heavy atom. The van der Waals surface area contributed by atoms with E-state index in [1.807, 2.05) is 0 Å². The smallest absolute Gasteiger partial charge is 0.255 e. The predicted octanol–water partition coefficient (Wildman–Crippen LogP) is 3.52. The average Bonchev–Trinajstić information content (AvgIpc) is 2.73. The SMILES string of the molecule is COc1ccc(C(=O)Nc2cccc(NC(C)=O)c2)cc1S(=O)(=O)NC1CCCCC1. The number of nitrogens with one attached hydrogen (secondary N) is 3. The van der Waals surface area contributed by atoms with Gasteiger partial charge in [0.05, 0.1) is 7.11 Å². The van der Waals surface area contributed by atoms with E-state index >= 15 is 0 Å². The van der Waals surface area contributed by atoms with Crippen LogP contribution in [0, 0.1) is 0 Å². The van der Waals surface area contributed by atoms with Gasteiger partial charge in [0.25, 0.3) is 5.91 Å². The fourth-order valence-corrected chi connectivity index (χ4v) is 5.11. The number of amides is 2. The Morgan fingerprint density at radius 3 is 2.29 bits per heavy atom. The molecule has 1 aliphatic carbocycles. The number of carbonyl (C=O) groups is 2. The highest BCUT2D eigenvalue weighted by Crippen LogP contribution is 2.27. The summed E-state index contributed by atoms with van der Waals surface area (Å²) < 4.78 is 34.0. The number of benzene rings is 2. The normalized spacial score (nSPS) is 14.6. The lowest BCUT2D eigenvalue weighted by atomic mass is 9.96. The van der Waals surface area contributed by atoms with Crippen LogP contribution in [-0.4, -0.2) is 33.4 Å². The Hall–Kier alpha value is -2.91. The number of anilines is 2. The molecule has 0 spiro atoms. The standard InChI is InChI=1S/C22H27N3O5S/c1-15(26)23-18-9-6-10-19(14-18)24-22(27)16-11-12-20(30-2)21(13-16)31(28,29)25-17-7-4-3-5-8-17/h6,9-14,17,25H,3-5,7-8H2,1-2H3,(H,23,26)(H,24,27). The molecule has 1 aliphatic rings. The van der Waals surface area contributed by atoms with Crippen molar-refractivity contribution in [3.63, 3.8) is 0 Å². The Morgan fingerprint density at radius 2 is 1.65 bits per heavy atom. The lowest BCUT2D eigenvalue weighted by Crippen LogP contribution is -2.36. The Labute approximate surface area is 182 Å². The van der Waals surface area contributed by atoms with Gasteiger partial charge in [0, 0.05) is 29.9 Å². The molecule has 8 nitrogen and oxygen atoms in total. The monoisotopic (exact) mass is 445 g/mol. The zero-order chi connectivity index (χ0) is 22.4. The largest absolute Gasteiger partial charge is 0.495 e. The summed E-state index contributed by atoms with van der Waals surface area (Å²) >= 11 is 0. The first-order chi connectivity index (χ1) is 14.8. The van der Waals surface area contributed by atoms with Gasteiger partial charge in [0.1, 0.15) is 10.6 Å². The molecule has 0 radical (unpaired) electrons. The quantitative estimate of drug-likeness (QED) is 0.603. The van der Waals surface area contributed by atoms with Crippen LogP contribution in [0.2, 0.25) is 0 Å². The van der Waals surface area contributed by atoms with Gasteiger partial charge in [-0.1, -0.05) is 25.3 Å². The maximum atomic E-state index is 13.0. The maximum Gasteiger partial charge on any atom is 0.255 e. The molecular formula is C22H27N3O5S. The summed E-state index contributed by atoms with van der Waals surface area (Å²) in [6.07, 6.45) is 4.69. The third kappa shape index (κ3) is 6.05. The van der Waals surface area contributed by atoms with E-state index in [4.69, 9.17) is 4.74 Å². The molecule has 2 aromatic rings. The van der Waals surface area contributed by atoms with Crippen LogP contribution < -0.4 is 20.1 Å². The molecule has 3 N–H and O–H groups in total. The zero-order valence-electron chi connectivity index (χ0n) is 17.6. The van der Waals surface area contributed by atoms with Crippen LogP contribution in [0.1, 0.15) is 49.4 Å². The van der Waals surface area contributed by atoms with Crippen molar-refractivity contribution >= 4 is 33.2 Å². The molecule has 0 heterocycles. The van der Waals surface area contributed by atoms with Crippen molar-refractivity contribution in [3.8, 4) is 5.75 Å². The van der Waals surface area contributed by atoms with Crippen LogP contribution in [-0.2, 0) is 14.8 Å². The van der Waals surface area contributed by atoms with E-state index in [-0.39, 0.29) is 28.2 Å². The number of sulfonamides is 1. The topological polar surface area (TPSA) is 114 Å². The molecule has 2 aromatic carbocycles. The van der Waals surface area contributed by atoms with Gasteiger partial charge in [-0.2, -0.15) is 0 Å². The van der Waals surface area contributed by atoms with Gasteiger partial charge in [0.15, 0.2) is 0 Å². The molecule has 1 fully saturated rings. The molecule has 31 heavy (non-hydrogen) atoms. The van der Waals surface area contributed by atoms with E-state index in [2.05, 4.69) is 15.4 Å². The fraction of sp³-hybridized carbons (Fsp3) is 0.364. The number of carbonyl (C=O) groups excluding carboxylic acids is 2. The van der Waals surface area contributed by atoms with Crippen LogP contribution in [0.5, 0.6) is 5.75 Å². The van der Waals surface area contributed by atoms with Crippen molar-refractivity contribution in [2.45, 2.75) is 50.0 Å². The van der Waals surface area contributed by atoms with Crippen LogP contribution >= 0.6 is 0 Å². The first kappa shape index (κ1) is 22.8. The van der Waals surface area contributed by atoms with Gasteiger partial charge >= 0.3 is 0 Å². The average molecular weight is 446 g/mol. The summed E-state index contributed by atoms with van der Waals surface area (Å²) in [5.74, 6) is -0.525. The lowest BCUT2D eigenvalue weighted by molar-refractivity contribution is -0.114. The highest BCUT2D eigenvalue weighted by molar-refractivity contribution is 7.89. The summed E-state index contributed by atoms with van der Waals surface area (Å²) in [7, 11) is -2.46. The Balaban J connectivity index is 1.82. The van der Waals surface area contributed by atoms with Gasteiger partial charge in [-0.3, -0.25) is 9.59 Å². The molecule has 0 bridgehead atoms. The number of hydrogen-bond acceptors (Lipinski definition) is 5. The summed E-state index contributed by atoms with van der Waals surface area (Å²) in [6.45, 7) is 1.39. The molecule has 0 aromatic heterocycles. The van der Waals surface area contributed by atoms with Crippen LogP contribution in [0.25, 0.3) is 0 Å². The van der Waals surface area contributed by atoms with E-state index in [0.717, 1.165) is 32.1 Å². The van der Waals surface area contributed by atoms with Crippen molar-refractivity contribution in [3.05, 3.63) is 48.0 Å². The third-order valence-corrected chi connectivity index (χ3v) is 6.62. The highest BCUT2D eigenvalue weighted by Gasteiger charge is 2.26. The summed E-state index contributed by atoms with van der Waals surface area (Å²) in [6, 6.07) is 10.9. The molecule has 0 aliphatic heterocycles. The molecule has 1 saturated carbocycles. The minimum atomic E-state index is -3.85. The second-order valence-electron chi connectivity index (χ2n) is 7.54. The van der Waals surface area contributed by atoms with E-state index in [0.29, 0.717) is 11.4 Å². The minimum absolute atomic E-state index is 0.0692. The summed E-state index contributed by atoms with van der Waals surface area (Å²) in [4.78, 5) is 23.9. The fourth-order valence-electron chi connectivity index (χ4n) is 3.61. The van der Waals surface area contributed by atoms with Gasteiger partial charge in [-0.15, -0.1) is 0 Å². The van der Waals surface area contributed by atoms with E-state index in [9.17, 15) is 18.0 Å². The van der Waals surface area contributed by atoms with Crippen molar-refractivity contribution in [2.24, 2.45) is 0 Å². The van der Waals surface area contributed by atoms with E-state index in [1.54, 1.807) is 24.3 Å². The van der Waals surface area contributed by atoms with Gasteiger partial charge in [0.2, 0.25) is 15.9 Å². The van der Waals surface area contributed by atoms with E-state index in [1.165, 1.54) is 32.2 Å². The van der Waals surface area contributed by atoms with Crippen LogP contribution in [0.15, 0.2) is 47.4 Å². The first-order valence-corrected chi connectivity index (χ1v) is 11.7. The number of rotatable bonds is 7. The zero-order valence-corrected chi connectivity index (χ0v) is 18.4. The Kier molecular flexibility index (Phi) is 7.29. The number of hydrogen-bond donors (Lipinski definition) is 3. The molecule has 0 unspecified atom stereocenters. The molecule has 3 rings (SSSR count). The van der Waals surface area contributed by atoms with Crippen LogP contribution in [0.4, 0.5) is 11.4 Å². The second-order valence-corrected chi connectivity index (χ2v) is 9.22. The maximum absolute atomic E-state index is 13.0. The van der Waals surface area contributed by atoms with Gasteiger partial charge in [-0.05, 0) is 49.2 Å². The molecular weight excluding hydrogens is 418 g/mol. The summed E-state index contributed by atoms with van der Waals surface area (Å²) in [5, 5.41) is 5.37. The molecule has 166 valence electrons. The highest BCUT2D eigenvalue weighted by atomic mass is 32.2. The molecule has 9 heteroatoms. The van der Waals surface area contributed by atoms with Crippen molar-refractivity contribution < 1.29 is 22.7 Å². The molecule has 0 saturated heterocycles. The first-order valence-electron chi connectivity index (χ1n) is 10.2. The third-order valence-electron chi connectivity index (χ3n) is 5.08. The molecule has 0 atom stereocenters. The second kappa shape index (κ2) is 9.93. The van der Waals surface area contributed by atoms with Crippen molar-refractivity contribution in [1.29, 1.82) is 0 Å². The predicted molar refractivity (Wildman–Crippen MR) is 119 cm³/mol. The minimum Gasteiger partial charge on any atom is -0.495 e.